The van der Waals surface area contributed by atoms with Crippen molar-refractivity contribution in [1.29, 1.82) is 0 Å². The van der Waals surface area contributed by atoms with Crippen LogP contribution in [0.3, 0.4) is 0 Å². The molecule has 3 heterocycles. The highest BCUT2D eigenvalue weighted by Gasteiger charge is 2.36. The molecule has 2 aliphatic rings. The van der Waals surface area contributed by atoms with Gasteiger partial charge in [-0.25, -0.2) is 0 Å². The Morgan fingerprint density at radius 1 is 1.18 bits per heavy atom. The van der Waals surface area contributed by atoms with Gasteiger partial charge in [-0.1, -0.05) is 0 Å². The second-order valence-electron chi connectivity index (χ2n) is 8.53. The van der Waals surface area contributed by atoms with Gasteiger partial charge in [0.1, 0.15) is 5.69 Å². The van der Waals surface area contributed by atoms with E-state index in [4.69, 9.17) is 0 Å². The minimum Gasteiger partial charge on any atom is -0.481 e. The minimum atomic E-state index is -0.755. The number of rotatable bonds is 6. The minimum absolute atomic E-state index is 0.0656. The van der Waals surface area contributed by atoms with Crippen molar-refractivity contribution in [3.63, 3.8) is 0 Å². The Labute approximate surface area is 167 Å². The van der Waals surface area contributed by atoms with Crippen molar-refractivity contribution in [3.8, 4) is 0 Å². The molecule has 1 amide bonds. The van der Waals surface area contributed by atoms with Crippen molar-refractivity contribution >= 4 is 11.9 Å². The quantitative estimate of drug-likeness (QED) is 0.805. The number of aromatic nitrogens is 1. The van der Waals surface area contributed by atoms with Crippen molar-refractivity contribution in [2.75, 3.05) is 46.3 Å². The maximum Gasteiger partial charge on any atom is 0.303 e. The number of hydrogen-bond donors (Lipinski definition) is 1. The molecular formula is C21H34N4O3. The lowest BCUT2D eigenvalue weighted by Crippen LogP contribution is -2.57. The normalized spacial score (nSPS) is 24.6. The molecule has 0 bridgehead atoms. The molecule has 2 saturated heterocycles. The Kier molecular flexibility index (Phi) is 6.78. The first-order chi connectivity index (χ1) is 13.4. The summed E-state index contributed by atoms with van der Waals surface area (Å²) in [4.78, 5) is 31.1. The van der Waals surface area contributed by atoms with Crippen LogP contribution in [0.5, 0.6) is 0 Å². The third-order valence-corrected chi connectivity index (χ3v) is 6.27. The average Bonchev–Trinajstić information content (AvgIpc) is 3.16. The molecule has 7 nitrogen and oxygen atoms in total. The van der Waals surface area contributed by atoms with Crippen molar-refractivity contribution in [2.45, 2.75) is 45.2 Å². The smallest absolute Gasteiger partial charge is 0.303 e. The summed E-state index contributed by atoms with van der Waals surface area (Å²) in [5.41, 5.74) is 0.727. The summed E-state index contributed by atoms with van der Waals surface area (Å²) in [5, 5.41) is 9.19. The molecule has 1 aromatic heterocycles. The van der Waals surface area contributed by atoms with E-state index in [2.05, 4.69) is 30.7 Å². The van der Waals surface area contributed by atoms with E-state index in [9.17, 15) is 14.7 Å². The third-order valence-electron chi connectivity index (χ3n) is 6.27. The second kappa shape index (κ2) is 9.09. The van der Waals surface area contributed by atoms with Crippen LogP contribution in [-0.2, 0) is 4.79 Å². The largest absolute Gasteiger partial charge is 0.481 e. The second-order valence-corrected chi connectivity index (χ2v) is 8.53. The fraction of sp³-hybridized carbons (Fsp3) is 0.714. The highest BCUT2D eigenvalue weighted by molar-refractivity contribution is 5.93. The number of likely N-dealkylation sites (tertiary alicyclic amines) is 1. The first kappa shape index (κ1) is 20.9. The van der Waals surface area contributed by atoms with E-state index in [0.717, 1.165) is 44.8 Å². The summed E-state index contributed by atoms with van der Waals surface area (Å²) >= 11 is 0. The van der Waals surface area contributed by atoms with Crippen LogP contribution in [0.1, 0.15) is 49.6 Å². The van der Waals surface area contributed by atoms with Gasteiger partial charge in [0.05, 0.1) is 0 Å². The van der Waals surface area contributed by atoms with E-state index < -0.39 is 5.97 Å². The Bertz CT molecular complexity index is 679. The molecular weight excluding hydrogens is 356 g/mol. The molecule has 3 rings (SSSR count). The number of carboxylic acid groups (broad SMARTS) is 1. The molecule has 2 aliphatic heterocycles. The summed E-state index contributed by atoms with van der Waals surface area (Å²) in [7, 11) is 2.14. The van der Waals surface area contributed by atoms with E-state index >= 15 is 0 Å². The number of likely N-dealkylation sites (N-methyl/N-ethyl adjacent to an activating group) is 1. The van der Waals surface area contributed by atoms with Gasteiger partial charge >= 0.3 is 5.97 Å². The number of piperazine rings is 1. The zero-order chi connectivity index (χ0) is 20.3. The number of carboxylic acids is 1. The Morgan fingerprint density at radius 3 is 2.54 bits per heavy atom. The standard InChI is InChI=1S/C21H34N4O3/c1-16(2)25-9-4-5-19(25)21(28)24-10-8-18(17(15-24)6-7-20(26)27)23-13-11-22(3)12-14-23/h4-5,9,16-18H,6-8,10-15H2,1-3H3,(H,26,27)/t17-,18+/m0/s1. The third kappa shape index (κ3) is 4.75. The Hall–Kier alpha value is -1.86. The van der Waals surface area contributed by atoms with E-state index in [1.54, 1.807) is 0 Å². The molecule has 0 unspecified atom stereocenters. The predicted molar refractivity (Wildman–Crippen MR) is 109 cm³/mol. The highest BCUT2D eigenvalue weighted by Crippen LogP contribution is 2.28. The van der Waals surface area contributed by atoms with Crippen molar-refractivity contribution in [3.05, 3.63) is 24.0 Å². The summed E-state index contributed by atoms with van der Waals surface area (Å²) in [5.74, 6) is -0.482. The molecule has 156 valence electrons. The molecule has 1 N–H and O–H groups in total. The fourth-order valence-electron chi connectivity index (χ4n) is 4.62. The molecule has 0 spiro atoms. The van der Waals surface area contributed by atoms with E-state index in [1.807, 2.05) is 27.8 Å². The topological polar surface area (TPSA) is 69.0 Å². The van der Waals surface area contributed by atoms with Gasteiger partial charge in [-0.05, 0) is 51.8 Å². The number of aliphatic carboxylic acids is 1. The monoisotopic (exact) mass is 390 g/mol. The van der Waals surface area contributed by atoms with Crippen LogP contribution in [0.15, 0.2) is 18.3 Å². The number of nitrogens with zero attached hydrogens (tertiary/aromatic N) is 4. The molecule has 0 saturated carbocycles. The van der Waals surface area contributed by atoms with Gasteiger partial charge in [0.25, 0.3) is 5.91 Å². The van der Waals surface area contributed by atoms with Crippen LogP contribution >= 0.6 is 0 Å². The van der Waals surface area contributed by atoms with Crippen LogP contribution in [0.4, 0.5) is 0 Å². The van der Waals surface area contributed by atoms with Crippen LogP contribution in [-0.4, -0.2) is 88.6 Å². The van der Waals surface area contributed by atoms with E-state index in [-0.39, 0.29) is 24.3 Å². The Balaban J connectivity index is 1.71. The molecule has 7 heteroatoms. The first-order valence-corrected chi connectivity index (χ1v) is 10.5. The number of carbonyl (C=O) groups is 2. The molecule has 0 aromatic carbocycles. The molecule has 1 aromatic rings. The van der Waals surface area contributed by atoms with Crippen molar-refractivity contribution in [2.24, 2.45) is 5.92 Å². The van der Waals surface area contributed by atoms with Crippen LogP contribution in [0, 0.1) is 5.92 Å². The lowest BCUT2D eigenvalue weighted by Gasteiger charge is -2.46. The van der Waals surface area contributed by atoms with Gasteiger partial charge in [0, 0.05) is 64.0 Å². The molecule has 0 radical (unpaired) electrons. The molecule has 2 fully saturated rings. The number of carbonyl (C=O) groups excluding carboxylic acids is 1. The zero-order valence-corrected chi connectivity index (χ0v) is 17.4. The SMILES string of the molecule is CC(C)n1cccc1C(=O)N1CC[C@@H](N2CCN(C)CC2)[C@@H](CCC(=O)O)C1. The average molecular weight is 391 g/mol. The van der Waals surface area contributed by atoms with Crippen molar-refractivity contribution in [1.82, 2.24) is 19.3 Å². The van der Waals surface area contributed by atoms with E-state index in [0.29, 0.717) is 19.0 Å². The zero-order valence-electron chi connectivity index (χ0n) is 17.4. The number of hydrogen-bond acceptors (Lipinski definition) is 4. The number of amides is 1. The lowest BCUT2D eigenvalue weighted by atomic mass is 9.86. The van der Waals surface area contributed by atoms with Gasteiger partial charge in [0.2, 0.25) is 0 Å². The summed E-state index contributed by atoms with van der Waals surface area (Å²) in [6, 6.07) is 4.42. The van der Waals surface area contributed by atoms with Crippen LogP contribution in [0.25, 0.3) is 0 Å². The summed E-state index contributed by atoms with van der Waals surface area (Å²) < 4.78 is 2.02. The van der Waals surface area contributed by atoms with Gasteiger partial charge < -0.3 is 19.5 Å². The maximum atomic E-state index is 13.2. The van der Waals surface area contributed by atoms with Gasteiger partial charge in [-0.2, -0.15) is 0 Å². The lowest BCUT2D eigenvalue weighted by molar-refractivity contribution is -0.137. The van der Waals surface area contributed by atoms with Crippen LogP contribution < -0.4 is 0 Å². The highest BCUT2D eigenvalue weighted by atomic mass is 16.4. The summed E-state index contributed by atoms with van der Waals surface area (Å²) in [6.07, 6.45) is 3.67. The fourth-order valence-corrected chi connectivity index (χ4v) is 4.62. The maximum absolute atomic E-state index is 13.2. The predicted octanol–water partition coefficient (Wildman–Crippen LogP) is 2.01. The summed E-state index contributed by atoms with van der Waals surface area (Å²) in [6.45, 7) is 9.68. The molecule has 28 heavy (non-hydrogen) atoms. The Morgan fingerprint density at radius 2 is 1.89 bits per heavy atom. The van der Waals surface area contributed by atoms with Crippen LogP contribution in [0.2, 0.25) is 0 Å². The van der Waals surface area contributed by atoms with Crippen molar-refractivity contribution < 1.29 is 14.7 Å². The van der Waals surface area contributed by atoms with Gasteiger partial charge in [-0.3, -0.25) is 14.5 Å². The van der Waals surface area contributed by atoms with Gasteiger partial charge in [0.15, 0.2) is 0 Å². The van der Waals surface area contributed by atoms with E-state index in [1.165, 1.54) is 0 Å². The van der Waals surface area contributed by atoms with Gasteiger partial charge in [-0.15, -0.1) is 0 Å². The molecule has 2 atom stereocenters. The molecule has 0 aliphatic carbocycles. The number of piperidine rings is 1. The first-order valence-electron chi connectivity index (χ1n) is 10.5.